The molecular formula is C20H28. The minimum atomic E-state index is 0.829. The first-order valence-corrected chi connectivity index (χ1v) is 8.33. The van der Waals surface area contributed by atoms with Crippen LogP contribution in [0.1, 0.15) is 46.5 Å². The van der Waals surface area contributed by atoms with Crippen LogP contribution in [0.15, 0.2) is 47.6 Å². The molecule has 0 radical (unpaired) electrons. The fourth-order valence-corrected chi connectivity index (χ4v) is 4.48. The summed E-state index contributed by atoms with van der Waals surface area (Å²) in [5.41, 5.74) is 3.27. The van der Waals surface area contributed by atoms with Crippen molar-refractivity contribution in [2.24, 2.45) is 29.6 Å². The zero-order valence-electron chi connectivity index (χ0n) is 13.2. The first-order valence-electron chi connectivity index (χ1n) is 8.33. The molecule has 4 bridgehead atoms. The second-order valence-corrected chi connectivity index (χ2v) is 7.19. The Balaban J connectivity index is 0.000000121. The third-order valence-corrected chi connectivity index (χ3v) is 5.51. The van der Waals surface area contributed by atoms with E-state index in [9.17, 15) is 0 Å². The van der Waals surface area contributed by atoms with E-state index < -0.39 is 0 Å². The van der Waals surface area contributed by atoms with E-state index in [0.717, 1.165) is 29.6 Å². The average molecular weight is 268 g/mol. The summed E-state index contributed by atoms with van der Waals surface area (Å²) >= 11 is 0. The van der Waals surface area contributed by atoms with Gasteiger partial charge in [0.1, 0.15) is 0 Å². The summed E-state index contributed by atoms with van der Waals surface area (Å²) in [6.07, 6.45) is 19.7. The Bertz CT molecular complexity index is 470. The van der Waals surface area contributed by atoms with Crippen LogP contribution in [0.25, 0.3) is 0 Å². The molecule has 0 aromatic heterocycles. The lowest BCUT2D eigenvalue weighted by atomic mass is 9.93. The summed E-state index contributed by atoms with van der Waals surface area (Å²) in [5.74, 6) is 4.41. The standard InChI is InChI=1S/2C10H14/c1-7(2)10-6-8-3-4-9(10)5-8;1-2-3-9-6-8-4-5-10(9)7-8/h3-4,8-9H,5-6H2,1-2H3;2-5,8-10H,6-7H2,1H3/b;3-2-. The molecule has 4 aliphatic carbocycles. The van der Waals surface area contributed by atoms with Gasteiger partial charge in [0, 0.05) is 0 Å². The van der Waals surface area contributed by atoms with E-state index in [1.807, 2.05) is 0 Å². The maximum Gasteiger partial charge on any atom is -0.00148 e. The summed E-state index contributed by atoms with van der Waals surface area (Å²) in [7, 11) is 0. The molecule has 2 fully saturated rings. The molecule has 0 saturated heterocycles. The van der Waals surface area contributed by atoms with Crippen molar-refractivity contribution in [3.05, 3.63) is 47.6 Å². The third-order valence-electron chi connectivity index (χ3n) is 5.51. The molecule has 0 aliphatic heterocycles. The SMILES string of the molecule is C/C=C\C1CC2C=CC1C2.CC(C)=C1CC2C=CC1C2. The second kappa shape index (κ2) is 5.76. The van der Waals surface area contributed by atoms with Gasteiger partial charge in [0.2, 0.25) is 0 Å². The molecule has 0 aromatic carbocycles. The number of fused-ring (bicyclic) bond motifs is 4. The molecule has 2 saturated carbocycles. The molecule has 0 heteroatoms. The molecule has 0 spiro atoms. The van der Waals surface area contributed by atoms with E-state index >= 15 is 0 Å². The van der Waals surface area contributed by atoms with Gasteiger partial charge in [0.25, 0.3) is 0 Å². The highest BCUT2D eigenvalue weighted by atomic mass is 14.4. The van der Waals surface area contributed by atoms with Crippen molar-refractivity contribution in [2.45, 2.75) is 46.5 Å². The van der Waals surface area contributed by atoms with E-state index in [1.54, 1.807) is 11.1 Å². The van der Waals surface area contributed by atoms with Crippen molar-refractivity contribution in [2.75, 3.05) is 0 Å². The van der Waals surface area contributed by atoms with Gasteiger partial charge < -0.3 is 0 Å². The quantitative estimate of drug-likeness (QED) is 0.536. The Morgan fingerprint density at radius 3 is 2.20 bits per heavy atom. The van der Waals surface area contributed by atoms with E-state index in [0.29, 0.717) is 0 Å². The number of hydrogen-bond acceptors (Lipinski definition) is 0. The third kappa shape index (κ3) is 2.71. The highest BCUT2D eigenvalue weighted by Crippen LogP contribution is 2.44. The molecule has 0 heterocycles. The molecule has 0 aromatic rings. The summed E-state index contributed by atoms with van der Waals surface area (Å²) in [6, 6.07) is 0. The van der Waals surface area contributed by atoms with Crippen LogP contribution >= 0.6 is 0 Å². The van der Waals surface area contributed by atoms with Crippen LogP contribution in [0.4, 0.5) is 0 Å². The van der Waals surface area contributed by atoms with Crippen molar-refractivity contribution < 1.29 is 0 Å². The van der Waals surface area contributed by atoms with Crippen molar-refractivity contribution in [1.29, 1.82) is 0 Å². The lowest BCUT2D eigenvalue weighted by Gasteiger charge is -2.12. The number of rotatable bonds is 1. The van der Waals surface area contributed by atoms with Crippen LogP contribution in [0.3, 0.4) is 0 Å². The van der Waals surface area contributed by atoms with E-state index in [-0.39, 0.29) is 0 Å². The zero-order chi connectivity index (χ0) is 14.1. The predicted octanol–water partition coefficient (Wildman–Crippen LogP) is 5.69. The largest absolute Gasteiger partial charge is 0.0914 e. The van der Waals surface area contributed by atoms with Crippen LogP contribution in [0.5, 0.6) is 0 Å². The molecule has 0 amide bonds. The zero-order valence-corrected chi connectivity index (χ0v) is 13.2. The average Bonchev–Trinajstić information content (AvgIpc) is 3.20. The molecule has 0 N–H and O–H groups in total. The van der Waals surface area contributed by atoms with Gasteiger partial charge in [-0.15, -0.1) is 0 Å². The number of hydrogen-bond donors (Lipinski definition) is 0. The normalized spacial score (nSPS) is 39.8. The summed E-state index contributed by atoms with van der Waals surface area (Å²) in [5, 5.41) is 0. The summed E-state index contributed by atoms with van der Waals surface area (Å²) < 4.78 is 0. The van der Waals surface area contributed by atoms with Crippen LogP contribution in [0, 0.1) is 29.6 Å². The number of allylic oxidation sites excluding steroid dienone is 8. The van der Waals surface area contributed by atoms with Crippen LogP contribution in [-0.4, -0.2) is 0 Å². The maximum absolute atomic E-state index is 2.40. The Hall–Kier alpha value is -1.04. The minimum absolute atomic E-state index is 0.829. The van der Waals surface area contributed by atoms with Gasteiger partial charge in [0.15, 0.2) is 0 Å². The lowest BCUT2D eigenvalue weighted by molar-refractivity contribution is 0.549. The van der Waals surface area contributed by atoms with Crippen LogP contribution in [0.2, 0.25) is 0 Å². The van der Waals surface area contributed by atoms with Gasteiger partial charge in [-0.2, -0.15) is 0 Å². The highest BCUT2D eigenvalue weighted by molar-refractivity contribution is 5.29. The maximum atomic E-state index is 2.40. The fraction of sp³-hybridized carbons (Fsp3) is 0.600. The summed E-state index contributed by atoms with van der Waals surface area (Å²) in [4.78, 5) is 0. The Morgan fingerprint density at radius 2 is 1.80 bits per heavy atom. The Morgan fingerprint density at radius 1 is 1.00 bits per heavy atom. The van der Waals surface area contributed by atoms with Gasteiger partial charge in [-0.25, -0.2) is 0 Å². The first-order chi connectivity index (χ1) is 9.67. The lowest BCUT2D eigenvalue weighted by Crippen LogP contribution is -2.02. The fourth-order valence-electron chi connectivity index (χ4n) is 4.48. The molecule has 108 valence electrons. The van der Waals surface area contributed by atoms with Gasteiger partial charge in [-0.3, -0.25) is 0 Å². The molecular weight excluding hydrogens is 240 g/mol. The van der Waals surface area contributed by atoms with Crippen molar-refractivity contribution >= 4 is 0 Å². The van der Waals surface area contributed by atoms with Gasteiger partial charge in [-0.1, -0.05) is 47.6 Å². The van der Waals surface area contributed by atoms with E-state index in [1.165, 1.54) is 25.7 Å². The molecule has 4 aliphatic rings. The van der Waals surface area contributed by atoms with Crippen molar-refractivity contribution in [3.8, 4) is 0 Å². The topological polar surface area (TPSA) is 0 Å². The smallest absolute Gasteiger partial charge is 0.00148 e. The van der Waals surface area contributed by atoms with E-state index in [4.69, 9.17) is 0 Å². The van der Waals surface area contributed by atoms with Gasteiger partial charge >= 0.3 is 0 Å². The molecule has 4 rings (SSSR count). The molecule has 5 unspecified atom stereocenters. The predicted molar refractivity (Wildman–Crippen MR) is 87.4 cm³/mol. The monoisotopic (exact) mass is 268 g/mol. The van der Waals surface area contributed by atoms with Gasteiger partial charge in [0.05, 0.1) is 0 Å². The molecule has 20 heavy (non-hydrogen) atoms. The molecule has 0 nitrogen and oxygen atoms in total. The first kappa shape index (κ1) is 13.9. The molecule has 5 atom stereocenters. The van der Waals surface area contributed by atoms with Gasteiger partial charge in [-0.05, 0) is 76.0 Å². The van der Waals surface area contributed by atoms with Crippen molar-refractivity contribution in [3.63, 3.8) is 0 Å². The van der Waals surface area contributed by atoms with Crippen molar-refractivity contribution in [1.82, 2.24) is 0 Å². The summed E-state index contributed by atoms with van der Waals surface area (Å²) in [6.45, 7) is 6.60. The second-order valence-electron chi connectivity index (χ2n) is 7.19. The van der Waals surface area contributed by atoms with Crippen LogP contribution < -0.4 is 0 Å². The van der Waals surface area contributed by atoms with Crippen LogP contribution in [-0.2, 0) is 0 Å². The Labute approximate surface area is 124 Å². The minimum Gasteiger partial charge on any atom is -0.0914 e. The highest BCUT2D eigenvalue weighted by Gasteiger charge is 2.33. The Kier molecular flexibility index (Phi) is 4.01. The van der Waals surface area contributed by atoms with E-state index in [2.05, 4.69) is 57.2 Å².